The maximum atomic E-state index is 12.3. The van der Waals surface area contributed by atoms with Gasteiger partial charge in [-0.3, -0.25) is 4.79 Å². The number of carbonyl (C=O) groups excluding carboxylic acids is 1. The molecule has 1 amide bonds. The number of benzene rings is 2. The maximum Gasteiger partial charge on any atom is 0.337 e. The SMILES string of the molecule is O=C(Nc1c(Br)cccc1C(=O)O)c1cc(Br)ccc1Cl. The Kier molecular flexibility index (Phi) is 5.03. The zero-order valence-electron chi connectivity index (χ0n) is 10.4. The number of carboxylic acids is 1. The highest BCUT2D eigenvalue weighted by Crippen LogP contribution is 2.28. The fourth-order valence-electron chi connectivity index (χ4n) is 1.68. The van der Waals surface area contributed by atoms with Crippen molar-refractivity contribution in [3.05, 3.63) is 61.5 Å². The van der Waals surface area contributed by atoms with E-state index in [1.165, 1.54) is 6.07 Å². The molecule has 2 N–H and O–H groups in total. The predicted octanol–water partition coefficient (Wildman–Crippen LogP) is 4.82. The zero-order chi connectivity index (χ0) is 15.6. The molecule has 0 radical (unpaired) electrons. The van der Waals surface area contributed by atoms with Gasteiger partial charge in [0.25, 0.3) is 5.91 Å². The highest BCUT2D eigenvalue weighted by atomic mass is 79.9. The minimum absolute atomic E-state index is 0.0103. The van der Waals surface area contributed by atoms with Crippen LogP contribution < -0.4 is 5.32 Å². The van der Waals surface area contributed by atoms with Crippen LogP contribution in [-0.2, 0) is 0 Å². The number of halogens is 3. The summed E-state index contributed by atoms with van der Waals surface area (Å²) in [4.78, 5) is 23.5. The molecule has 108 valence electrons. The van der Waals surface area contributed by atoms with Crippen LogP contribution in [0.4, 0.5) is 5.69 Å². The van der Waals surface area contributed by atoms with Crippen molar-refractivity contribution in [3.63, 3.8) is 0 Å². The summed E-state index contributed by atoms with van der Waals surface area (Å²) in [6.07, 6.45) is 0. The fraction of sp³-hybridized carbons (Fsp3) is 0. The molecule has 7 heteroatoms. The van der Waals surface area contributed by atoms with Crippen molar-refractivity contribution in [1.82, 2.24) is 0 Å². The van der Waals surface area contributed by atoms with Crippen LogP contribution in [0.1, 0.15) is 20.7 Å². The van der Waals surface area contributed by atoms with Crippen molar-refractivity contribution in [2.45, 2.75) is 0 Å². The third kappa shape index (κ3) is 3.64. The van der Waals surface area contributed by atoms with Gasteiger partial charge in [0.2, 0.25) is 0 Å². The summed E-state index contributed by atoms with van der Waals surface area (Å²) in [6.45, 7) is 0. The summed E-state index contributed by atoms with van der Waals surface area (Å²) in [7, 11) is 0. The fourth-order valence-corrected chi connectivity index (χ4v) is 2.71. The highest BCUT2D eigenvalue weighted by molar-refractivity contribution is 9.10. The van der Waals surface area contributed by atoms with E-state index in [9.17, 15) is 9.59 Å². The van der Waals surface area contributed by atoms with Crippen molar-refractivity contribution in [3.8, 4) is 0 Å². The lowest BCUT2D eigenvalue weighted by Crippen LogP contribution is -2.15. The van der Waals surface area contributed by atoms with E-state index < -0.39 is 11.9 Å². The van der Waals surface area contributed by atoms with E-state index in [1.807, 2.05) is 0 Å². The molecule has 0 aliphatic heterocycles. The van der Waals surface area contributed by atoms with Gasteiger partial charge in [-0.15, -0.1) is 0 Å². The molecule has 2 aromatic rings. The van der Waals surface area contributed by atoms with Gasteiger partial charge in [-0.25, -0.2) is 4.79 Å². The quantitative estimate of drug-likeness (QED) is 0.730. The van der Waals surface area contributed by atoms with Gasteiger partial charge in [-0.1, -0.05) is 33.6 Å². The lowest BCUT2D eigenvalue weighted by molar-refractivity contribution is 0.0698. The normalized spacial score (nSPS) is 10.2. The minimum atomic E-state index is -1.13. The van der Waals surface area contributed by atoms with Gasteiger partial charge in [0, 0.05) is 8.95 Å². The topological polar surface area (TPSA) is 66.4 Å². The Morgan fingerprint density at radius 2 is 1.81 bits per heavy atom. The van der Waals surface area contributed by atoms with Crippen molar-refractivity contribution in [2.75, 3.05) is 5.32 Å². The van der Waals surface area contributed by atoms with E-state index in [-0.39, 0.29) is 21.8 Å². The highest BCUT2D eigenvalue weighted by Gasteiger charge is 2.17. The van der Waals surface area contributed by atoms with E-state index in [4.69, 9.17) is 16.7 Å². The average Bonchev–Trinajstić information content (AvgIpc) is 2.43. The van der Waals surface area contributed by atoms with Crippen LogP contribution >= 0.6 is 43.5 Å². The summed E-state index contributed by atoms with van der Waals surface area (Å²) in [5, 5.41) is 12.0. The smallest absolute Gasteiger partial charge is 0.337 e. The maximum absolute atomic E-state index is 12.3. The molecule has 0 bridgehead atoms. The zero-order valence-corrected chi connectivity index (χ0v) is 14.3. The Bertz CT molecular complexity index is 734. The van der Waals surface area contributed by atoms with Gasteiger partial charge in [-0.2, -0.15) is 0 Å². The third-order valence-electron chi connectivity index (χ3n) is 2.66. The monoisotopic (exact) mass is 431 g/mol. The molecular weight excluding hydrogens is 425 g/mol. The molecule has 4 nitrogen and oxygen atoms in total. The molecule has 0 saturated heterocycles. The average molecular weight is 433 g/mol. The number of hydrogen-bond donors (Lipinski definition) is 2. The van der Waals surface area contributed by atoms with E-state index in [0.29, 0.717) is 8.95 Å². The number of amides is 1. The van der Waals surface area contributed by atoms with Crippen LogP contribution in [0.2, 0.25) is 5.02 Å². The van der Waals surface area contributed by atoms with Crippen molar-refractivity contribution in [2.24, 2.45) is 0 Å². The lowest BCUT2D eigenvalue weighted by Gasteiger charge is -2.11. The molecule has 0 aliphatic rings. The Balaban J connectivity index is 2.41. The summed E-state index contributed by atoms with van der Waals surface area (Å²) < 4.78 is 1.17. The second-order valence-corrected chi connectivity index (χ2v) is 6.22. The molecule has 0 aliphatic carbocycles. The van der Waals surface area contributed by atoms with Crippen molar-refractivity contribution < 1.29 is 14.7 Å². The molecule has 2 rings (SSSR count). The number of nitrogens with one attached hydrogen (secondary N) is 1. The standard InChI is InChI=1S/C14H8Br2ClNO3/c15-7-4-5-11(17)9(6-7)13(19)18-12-8(14(20)21)2-1-3-10(12)16/h1-6H,(H,18,19)(H,20,21). The molecule has 0 saturated carbocycles. The number of rotatable bonds is 3. The molecule has 0 atom stereocenters. The van der Waals surface area contributed by atoms with Gasteiger partial charge in [-0.05, 0) is 46.3 Å². The van der Waals surface area contributed by atoms with Crippen LogP contribution in [0, 0.1) is 0 Å². The Morgan fingerprint density at radius 1 is 1.10 bits per heavy atom. The Labute approximate surface area is 142 Å². The number of anilines is 1. The van der Waals surface area contributed by atoms with E-state index in [1.54, 1.807) is 30.3 Å². The minimum Gasteiger partial charge on any atom is -0.478 e. The molecule has 0 spiro atoms. The van der Waals surface area contributed by atoms with Gasteiger partial charge in [0.1, 0.15) is 0 Å². The Hall–Kier alpha value is -1.37. The number of aromatic carboxylic acids is 1. The molecular formula is C14H8Br2ClNO3. The summed E-state index contributed by atoms with van der Waals surface area (Å²) in [5.41, 5.74) is 0.424. The van der Waals surface area contributed by atoms with Crippen molar-refractivity contribution in [1.29, 1.82) is 0 Å². The summed E-state index contributed by atoms with van der Waals surface area (Å²) >= 11 is 12.5. The molecule has 2 aromatic carbocycles. The van der Waals surface area contributed by atoms with Crippen LogP contribution in [0.3, 0.4) is 0 Å². The molecule has 0 aromatic heterocycles. The van der Waals surface area contributed by atoms with Gasteiger partial charge in [0.15, 0.2) is 0 Å². The van der Waals surface area contributed by atoms with Crippen LogP contribution in [0.5, 0.6) is 0 Å². The van der Waals surface area contributed by atoms with E-state index in [2.05, 4.69) is 37.2 Å². The lowest BCUT2D eigenvalue weighted by atomic mass is 10.1. The van der Waals surface area contributed by atoms with Gasteiger partial charge in [0.05, 0.1) is 21.8 Å². The summed E-state index contributed by atoms with van der Waals surface area (Å²) in [5.74, 6) is -1.62. The molecule has 0 fully saturated rings. The first-order valence-electron chi connectivity index (χ1n) is 5.68. The van der Waals surface area contributed by atoms with Gasteiger partial charge >= 0.3 is 5.97 Å². The van der Waals surface area contributed by atoms with Gasteiger partial charge < -0.3 is 10.4 Å². The van der Waals surface area contributed by atoms with E-state index in [0.717, 1.165) is 0 Å². The van der Waals surface area contributed by atoms with Crippen LogP contribution in [0.25, 0.3) is 0 Å². The van der Waals surface area contributed by atoms with Crippen LogP contribution in [0.15, 0.2) is 45.3 Å². The second kappa shape index (κ2) is 6.60. The number of carbonyl (C=O) groups is 2. The Morgan fingerprint density at radius 3 is 2.48 bits per heavy atom. The molecule has 21 heavy (non-hydrogen) atoms. The number of para-hydroxylation sites is 1. The first-order valence-corrected chi connectivity index (χ1v) is 7.64. The number of carboxylic acid groups (broad SMARTS) is 1. The predicted molar refractivity (Wildman–Crippen MR) is 88.2 cm³/mol. The second-order valence-electron chi connectivity index (χ2n) is 4.05. The van der Waals surface area contributed by atoms with E-state index >= 15 is 0 Å². The van der Waals surface area contributed by atoms with Crippen molar-refractivity contribution >= 4 is 61.0 Å². The summed E-state index contributed by atoms with van der Waals surface area (Å²) in [6, 6.07) is 9.49. The first kappa shape index (κ1) is 16.0. The number of hydrogen-bond acceptors (Lipinski definition) is 2. The largest absolute Gasteiger partial charge is 0.478 e. The first-order chi connectivity index (χ1) is 9.90. The van der Waals surface area contributed by atoms with Crippen LogP contribution in [-0.4, -0.2) is 17.0 Å². The third-order valence-corrected chi connectivity index (χ3v) is 4.14. The molecule has 0 unspecified atom stereocenters. The molecule has 0 heterocycles.